The molecule has 17 heteroatoms. The summed E-state index contributed by atoms with van der Waals surface area (Å²) in [6.07, 6.45) is 8.93. The zero-order valence-corrected chi connectivity index (χ0v) is 37.0. The molecule has 1 saturated carbocycles. The second kappa shape index (κ2) is 28.1. The first kappa shape index (κ1) is 53.5. The lowest BCUT2D eigenvalue weighted by Gasteiger charge is -2.34. The average molecular weight is 851 g/mol. The van der Waals surface area contributed by atoms with Crippen molar-refractivity contribution in [3.05, 3.63) is 12.2 Å². The molecule has 1 rings (SSSR count). The van der Waals surface area contributed by atoms with Gasteiger partial charge in [-0.15, -0.1) is 0 Å². The molecule has 0 saturated heterocycles. The molecule has 0 bridgehead atoms. The van der Waals surface area contributed by atoms with Gasteiger partial charge in [-0.3, -0.25) is 38.4 Å². The summed E-state index contributed by atoms with van der Waals surface area (Å²) in [7, 11) is 0. The van der Waals surface area contributed by atoms with Gasteiger partial charge in [-0.25, -0.2) is 0 Å². The van der Waals surface area contributed by atoms with Gasteiger partial charge < -0.3 is 47.2 Å². The Hall–Kier alpha value is -4.54. The Bertz CT molecular complexity index is 1430. The maximum absolute atomic E-state index is 14.2. The number of allylic oxidation sites excluding steroid dienone is 1. The minimum absolute atomic E-state index is 0.0829. The summed E-state index contributed by atoms with van der Waals surface area (Å²) in [4.78, 5) is 104. The highest BCUT2D eigenvalue weighted by Crippen LogP contribution is 2.27. The fraction of sp³-hybridized carbons (Fsp3) is 0.767. The van der Waals surface area contributed by atoms with Gasteiger partial charge in [0.2, 0.25) is 35.4 Å². The number of unbranched alkanes of at least 4 members (excludes halogenated alkanes) is 1. The first-order chi connectivity index (χ1) is 28.2. The summed E-state index contributed by atoms with van der Waals surface area (Å²) in [5.41, 5.74) is 0. The van der Waals surface area contributed by atoms with Gasteiger partial charge in [0, 0.05) is 13.3 Å². The molecule has 9 N–H and O–H groups in total. The Morgan fingerprint density at radius 3 is 1.78 bits per heavy atom. The molecule has 0 radical (unpaired) electrons. The van der Waals surface area contributed by atoms with Crippen molar-refractivity contribution in [3.8, 4) is 0 Å². The number of hydrogen-bond acceptors (Lipinski definition) is 9. The number of rotatable bonds is 28. The molecule has 1 aliphatic carbocycles. The number of aliphatic hydroxyl groups excluding tert-OH is 1. The van der Waals surface area contributed by atoms with E-state index in [0.717, 1.165) is 45.4 Å². The summed E-state index contributed by atoms with van der Waals surface area (Å²) >= 11 is 0. The van der Waals surface area contributed by atoms with Crippen molar-refractivity contribution in [2.24, 2.45) is 23.7 Å². The van der Waals surface area contributed by atoms with Crippen molar-refractivity contribution in [3.63, 3.8) is 0 Å². The van der Waals surface area contributed by atoms with Crippen LogP contribution in [0, 0.1) is 23.7 Å². The summed E-state index contributed by atoms with van der Waals surface area (Å²) in [6.45, 7) is 14.5. The maximum atomic E-state index is 14.2. The molecule has 1 aliphatic rings. The first-order valence-corrected chi connectivity index (χ1v) is 21.8. The van der Waals surface area contributed by atoms with Crippen LogP contribution in [0.4, 0.5) is 0 Å². The molecule has 0 aliphatic heterocycles. The normalized spacial score (nSPS) is 17.3. The SMILES string of the molecule is CC[C@H](NC(=O)[C@@H](NC(=O)[C@@H](NC(=O)[C@H](CC(C)C)NC(=O)[C@@H](CCC(=O)O)NC(=O)[C@H](CC(=O)O)NC(C)=O)[C@@H](C)CC)C1CCCCC1)C(O)/C=C/CCCC(C)C. The van der Waals surface area contributed by atoms with Gasteiger partial charge in [-0.2, -0.15) is 0 Å². The van der Waals surface area contributed by atoms with Gasteiger partial charge in [-0.1, -0.05) is 92.7 Å². The fourth-order valence-electron chi connectivity index (χ4n) is 7.19. The van der Waals surface area contributed by atoms with E-state index in [4.69, 9.17) is 0 Å². The lowest BCUT2D eigenvalue weighted by atomic mass is 9.83. The molecular formula is C43H74N6O11. The van der Waals surface area contributed by atoms with Crippen molar-refractivity contribution < 1.29 is 53.7 Å². The zero-order valence-electron chi connectivity index (χ0n) is 37.0. The summed E-state index contributed by atoms with van der Waals surface area (Å²) < 4.78 is 0. The molecule has 1 unspecified atom stereocenters. The van der Waals surface area contributed by atoms with Crippen LogP contribution in [0.2, 0.25) is 0 Å². The number of amides is 6. The van der Waals surface area contributed by atoms with Crippen LogP contribution in [0.25, 0.3) is 0 Å². The lowest BCUT2D eigenvalue weighted by Crippen LogP contribution is -2.61. The third-order valence-electron chi connectivity index (χ3n) is 10.9. The topological polar surface area (TPSA) is 269 Å². The van der Waals surface area contributed by atoms with Crippen molar-refractivity contribution in [1.29, 1.82) is 0 Å². The molecule has 1 fully saturated rings. The molecule has 60 heavy (non-hydrogen) atoms. The monoisotopic (exact) mass is 851 g/mol. The van der Waals surface area contributed by atoms with E-state index in [-0.39, 0.29) is 18.3 Å². The Labute approximate surface area is 355 Å². The van der Waals surface area contributed by atoms with Crippen molar-refractivity contribution in [2.45, 2.75) is 188 Å². The Kier molecular flexibility index (Phi) is 25.0. The number of carboxylic acids is 2. The summed E-state index contributed by atoms with van der Waals surface area (Å²) in [6, 6.07) is -7.02. The highest BCUT2D eigenvalue weighted by Gasteiger charge is 2.37. The average Bonchev–Trinajstić information content (AvgIpc) is 3.17. The van der Waals surface area contributed by atoms with Crippen LogP contribution in [0.5, 0.6) is 0 Å². The van der Waals surface area contributed by atoms with Gasteiger partial charge in [0.25, 0.3) is 0 Å². The summed E-state index contributed by atoms with van der Waals surface area (Å²) in [5.74, 6) is -7.30. The highest BCUT2D eigenvalue weighted by atomic mass is 16.4. The van der Waals surface area contributed by atoms with E-state index in [0.29, 0.717) is 31.6 Å². The van der Waals surface area contributed by atoms with Crippen LogP contribution in [0.1, 0.15) is 145 Å². The Morgan fingerprint density at radius 2 is 1.25 bits per heavy atom. The predicted octanol–water partition coefficient (Wildman–Crippen LogP) is 3.08. The van der Waals surface area contributed by atoms with E-state index >= 15 is 0 Å². The Morgan fingerprint density at radius 1 is 0.650 bits per heavy atom. The third kappa shape index (κ3) is 20.6. The zero-order chi connectivity index (χ0) is 45.5. The van der Waals surface area contributed by atoms with E-state index in [1.807, 2.05) is 19.9 Å². The van der Waals surface area contributed by atoms with E-state index in [2.05, 4.69) is 45.7 Å². The van der Waals surface area contributed by atoms with E-state index in [1.165, 1.54) is 0 Å². The van der Waals surface area contributed by atoms with Crippen molar-refractivity contribution in [2.75, 3.05) is 0 Å². The smallest absolute Gasteiger partial charge is 0.305 e. The van der Waals surface area contributed by atoms with Crippen LogP contribution in [-0.4, -0.2) is 105 Å². The molecule has 17 nitrogen and oxygen atoms in total. The maximum Gasteiger partial charge on any atom is 0.305 e. The van der Waals surface area contributed by atoms with E-state index in [1.54, 1.807) is 26.8 Å². The fourth-order valence-corrected chi connectivity index (χ4v) is 7.19. The standard InChI is InChI=1S/C43H74N6O11/c1-9-27(7)37(42(59)49-38(29-18-14-12-15-19-29)43(60)45-30(10-2)34(51)20-16-11-13-17-25(3)4)48-41(58)32(23-26(5)6)47-39(56)31(21-22-35(52)53)46-40(57)33(24-36(54)55)44-28(8)50/h16,20,25-27,29-34,37-38,51H,9-15,17-19,21-24H2,1-8H3,(H,44,50)(H,45,60)(H,46,57)(H,47,56)(H,48,58)(H,49,59)(H,52,53)(H,54,55)/b20-16+/t27-,30-,31+,32-,33-,34?,37-,38-/m0/s1. The molecule has 0 spiro atoms. The van der Waals surface area contributed by atoms with Crippen LogP contribution in [0.15, 0.2) is 12.2 Å². The van der Waals surface area contributed by atoms with Crippen LogP contribution in [0.3, 0.4) is 0 Å². The number of aliphatic carboxylic acids is 2. The molecule has 8 atom stereocenters. The molecule has 0 aromatic carbocycles. The number of carbonyl (C=O) groups is 8. The van der Waals surface area contributed by atoms with Crippen LogP contribution < -0.4 is 31.9 Å². The molecule has 0 aromatic heterocycles. The first-order valence-electron chi connectivity index (χ1n) is 21.8. The minimum atomic E-state index is -1.57. The molecular weight excluding hydrogens is 777 g/mol. The quantitative estimate of drug-likeness (QED) is 0.0408. The number of aliphatic hydroxyl groups is 1. The van der Waals surface area contributed by atoms with Crippen molar-refractivity contribution in [1.82, 2.24) is 31.9 Å². The molecule has 342 valence electrons. The Balaban J connectivity index is 3.35. The molecule has 0 heterocycles. The third-order valence-corrected chi connectivity index (χ3v) is 10.9. The van der Waals surface area contributed by atoms with Crippen LogP contribution >= 0.6 is 0 Å². The van der Waals surface area contributed by atoms with E-state index in [9.17, 15) is 53.7 Å². The number of carboxylic acid groups (broad SMARTS) is 2. The van der Waals surface area contributed by atoms with Crippen molar-refractivity contribution >= 4 is 47.4 Å². The number of carbonyl (C=O) groups excluding carboxylic acids is 6. The largest absolute Gasteiger partial charge is 0.481 e. The molecule has 0 aromatic rings. The van der Waals surface area contributed by atoms with Gasteiger partial charge in [0.1, 0.15) is 30.2 Å². The minimum Gasteiger partial charge on any atom is -0.481 e. The van der Waals surface area contributed by atoms with Crippen LogP contribution in [-0.2, 0) is 38.4 Å². The van der Waals surface area contributed by atoms with Gasteiger partial charge in [0.15, 0.2) is 0 Å². The summed E-state index contributed by atoms with van der Waals surface area (Å²) in [5, 5.41) is 45.4. The highest BCUT2D eigenvalue weighted by molar-refractivity contribution is 5.97. The van der Waals surface area contributed by atoms with Gasteiger partial charge in [-0.05, 0) is 68.6 Å². The number of hydrogen-bond donors (Lipinski definition) is 9. The lowest BCUT2D eigenvalue weighted by molar-refractivity contribution is -0.141. The predicted molar refractivity (Wildman–Crippen MR) is 226 cm³/mol. The van der Waals surface area contributed by atoms with Gasteiger partial charge in [0.05, 0.1) is 18.6 Å². The van der Waals surface area contributed by atoms with Gasteiger partial charge >= 0.3 is 11.9 Å². The van der Waals surface area contributed by atoms with E-state index < -0.39 is 115 Å². The number of nitrogens with one attached hydrogen (secondary N) is 6. The second-order valence-corrected chi connectivity index (χ2v) is 17.1. The molecule has 6 amide bonds. The second-order valence-electron chi connectivity index (χ2n) is 17.1.